The molecule has 100 valence electrons. The number of carbonyl (C=O) groups excluding carboxylic acids is 1. The van der Waals surface area contributed by atoms with Gasteiger partial charge in [0.15, 0.2) is 5.70 Å². The van der Waals surface area contributed by atoms with Gasteiger partial charge in [-0.05, 0) is 36.5 Å². The van der Waals surface area contributed by atoms with Crippen LogP contribution in [0, 0.1) is 17.2 Å². The first kappa shape index (κ1) is 13.7. The number of carbonyl (C=O) groups is 2. The van der Waals surface area contributed by atoms with Gasteiger partial charge >= 0.3 is 5.97 Å². The van der Waals surface area contributed by atoms with Crippen molar-refractivity contribution in [2.45, 2.75) is 12.8 Å². The van der Waals surface area contributed by atoms with E-state index in [2.05, 4.69) is 4.99 Å². The minimum Gasteiger partial charge on any atom is -0.477 e. The van der Waals surface area contributed by atoms with E-state index >= 15 is 0 Å². The second-order valence-corrected chi connectivity index (χ2v) is 4.48. The molecule has 5 heteroatoms. The lowest BCUT2D eigenvalue weighted by molar-refractivity contribution is -0.133. The van der Waals surface area contributed by atoms with E-state index in [0.717, 1.165) is 5.56 Å². The van der Waals surface area contributed by atoms with Crippen LogP contribution in [0.4, 0.5) is 0 Å². The van der Waals surface area contributed by atoms with Crippen LogP contribution in [-0.4, -0.2) is 23.6 Å². The predicted molar refractivity (Wildman–Crippen MR) is 72.2 cm³/mol. The average Bonchev–Trinajstić information content (AvgIpc) is 2.47. The van der Waals surface area contributed by atoms with Crippen LogP contribution in [0.3, 0.4) is 0 Å². The molecule has 0 aromatic heterocycles. The van der Waals surface area contributed by atoms with Gasteiger partial charge in [0.2, 0.25) is 0 Å². The maximum absolute atomic E-state index is 11.1. The zero-order valence-electron chi connectivity index (χ0n) is 10.6. The number of hydrogen-bond donors (Lipinski definition) is 1. The van der Waals surface area contributed by atoms with Crippen molar-refractivity contribution in [2.24, 2.45) is 10.9 Å². The van der Waals surface area contributed by atoms with Crippen LogP contribution >= 0.6 is 0 Å². The van der Waals surface area contributed by atoms with Crippen LogP contribution in [-0.2, 0) is 16.0 Å². The van der Waals surface area contributed by atoms with Crippen LogP contribution in [0.1, 0.15) is 17.5 Å². The van der Waals surface area contributed by atoms with E-state index in [0.29, 0.717) is 24.7 Å². The lowest BCUT2D eigenvalue weighted by Crippen LogP contribution is -2.18. The summed E-state index contributed by atoms with van der Waals surface area (Å²) in [5.41, 5.74) is 1.57. The molecule has 20 heavy (non-hydrogen) atoms. The van der Waals surface area contributed by atoms with E-state index < -0.39 is 5.97 Å². The van der Waals surface area contributed by atoms with Gasteiger partial charge in [-0.25, -0.2) is 4.79 Å². The maximum atomic E-state index is 11.1. The lowest BCUT2D eigenvalue weighted by Gasteiger charge is -2.19. The number of benzene rings is 1. The van der Waals surface area contributed by atoms with Crippen molar-refractivity contribution in [3.8, 4) is 6.07 Å². The van der Waals surface area contributed by atoms with E-state index in [1.54, 1.807) is 12.1 Å². The van der Waals surface area contributed by atoms with Crippen molar-refractivity contribution in [3.05, 3.63) is 46.7 Å². The Morgan fingerprint density at radius 2 is 2.15 bits per heavy atom. The van der Waals surface area contributed by atoms with Crippen molar-refractivity contribution in [2.75, 3.05) is 0 Å². The van der Waals surface area contributed by atoms with Gasteiger partial charge in [0, 0.05) is 11.8 Å². The Morgan fingerprint density at radius 3 is 2.70 bits per heavy atom. The van der Waals surface area contributed by atoms with Gasteiger partial charge in [-0.2, -0.15) is 5.26 Å². The van der Waals surface area contributed by atoms with Crippen molar-refractivity contribution in [1.29, 1.82) is 5.26 Å². The molecular formula is C15H12N2O3. The zero-order chi connectivity index (χ0) is 14.5. The number of carboxylic acid groups (broad SMARTS) is 1. The molecule has 1 heterocycles. The van der Waals surface area contributed by atoms with Crippen LogP contribution in [0.5, 0.6) is 0 Å². The monoisotopic (exact) mass is 268 g/mol. The molecule has 1 aliphatic rings. The fraction of sp³-hybridized carbons (Fsp3) is 0.200. The second-order valence-electron chi connectivity index (χ2n) is 4.48. The summed E-state index contributed by atoms with van der Waals surface area (Å²) in [6, 6.07) is 9.07. The van der Waals surface area contributed by atoms with Crippen LogP contribution in [0.2, 0.25) is 0 Å². The molecule has 1 atom stereocenters. The predicted octanol–water partition coefficient (Wildman–Crippen LogP) is 1.73. The van der Waals surface area contributed by atoms with Gasteiger partial charge in [-0.1, -0.05) is 12.1 Å². The summed E-state index contributed by atoms with van der Waals surface area (Å²) < 4.78 is 0. The van der Waals surface area contributed by atoms with Gasteiger partial charge in [-0.3, -0.25) is 9.79 Å². The highest BCUT2D eigenvalue weighted by Crippen LogP contribution is 2.25. The molecule has 0 bridgehead atoms. The first-order valence-corrected chi connectivity index (χ1v) is 6.10. The number of aliphatic imine (C=N–C) groups is 1. The highest BCUT2D eigenvalue weighted by Gasteiger charge is 2.24. The second kappa shape index (κ2) is 5.93. The molecule has 0 amide bonds. The summed E-state index contributed by atoms with van der Waals surface area (Å²) in [6.07, 6.45) is 3.19. The number of aliphatic carboxylic acids is 1. The number of nitriles is 1. The normalized spacial score (nSPS) is 17.6. The fourth-order valence-electron chi connectivity index (χ4n) is 2.19. The summed E-state index contributed by atoms with van der Waals surface area (Å²) in [5, 5.41) is 17.8. The molecule has 1 N–H and O–H groups in total. The Hall–Kier alpha value is -2.74. The lowest BCUT2D eigenvalue weighted by atomic mass is 9.87. The summed E-state index contributed by atoms with van der Waals surface area (Å²) in [5.74, 6) is -1.38. The van der Waals surface area contributed by atoms with Crippen LogP contribution in [0.15, 0.2) is 40.5 Å². The van der Waals surface area contributed by atoms with E-state index in [9.17, 15) is 9.59 Å². The molecule has 2 rings (SSSR count). The molecule has 0 fully saturated rings. The number of allylic oxidation sites excluding steroid dienone is 1. The summed E-state index contributed by atoms with van der Waals surface area (Å²) >= 11 is 0. The number of nitrogens with zero attached hydrogens (tertiary/aromatic N) is 2. The average molecular weight is 268 g/mol. The Balaban J connectivity index is 2.24. The maximum Gasteiger partial charge on any atom is 0.354 e. The van der Waals surface area contributed by atoms with Crippen LogP contribution in [0.25, 0.3) is 0 Å². The van der Waals surface area contributed by atoms with Crippen molar-refractivity contribution < 1.29 is 14.7 Å². The van der Waals surface area contributed by atoms with Gasteiger partial charge in [0.1, 0.15) is 6.29 Å². The van der Waals surface area contributed by atoms with Gasteiger partial charge in [0.25, 0.3) is 0 Å². The molecule has 0 aliphatic carbocycles. The third kappa shape index (κ3) is 2.81. The molecule has 1 aromatic carbocycles. The number of aldehydes is 1. The Morgan fingerprint density at radius 1 is 1.45 bits per heavy atom. The number of hydrogen-bond acceptors (Lipinski definition) is 4. The highest BCUT2D eigenvalue weighted by molar-refractivity contribution is 5.97. The molecular weight excluding hydrogens is 256 g/mol. The van der Waals surface area contributed by atoms with E-state index in [4.69, 9.17) is 10.4 Å². The smallest absolute Gasteiger partial charge is 0.354 e. The Labute approximate surface area is 115 Å². The number of carboxylic acids is 1. The van der Waals surface area contributed by atoms with Crippen LogP contribution < -0.4 is 0 Å². The van der Waals surface area contributed by atoms with E-state index in [1.165, 1.54) is 6.21 Å². The Bertz CT molecular complexity index is 636. The minimum absolute atomic E-state index is 0.176. The quantitative estimate of drug-likeness (QED) is 0.842. The third-order valence-electron chi connectivity index (χ3n) is 3.22. The molecule has 1 aromatic rings. The number of rotatable bonds is 4. The molecule has 0 saturated carbocycles. The van der Waals surface area contributed by atoms with E-state index in [1.807, 2.05) is 18.2 Å². The molecule has 0 saturated heterocycles. The Kier molecular flexibility index (Phi) is 4.06. The molecule has 0 spiro atoms. The van der Waals surface area contributed by atoms with Crippen molar-refractivity contribution >= 4 is 18.5 Å². The fourth-order valence-corrected chi connectivity index (χ4v) is 2.19. The molecule has 1 aliphatic heterocycles. The summed E-state index contributed by atoms with van der Waals surface area (Å²) in [6.45, 7) is 0. The summed E-state index contributed by atoms with van der Waals surface area (Å²) in [4.78, 5) is 26.0. The molecule has 5 nitrogen and oxygen atoms in total. The zero-order valence-corrected chi connectivity index (χ0v) is 10.6. The first-order chi connectivity index (χ1) is 9.65. The molecule has 1 unspecified atom stereocenters. The first-order valence-electron chi connectivity index (χ1n) is 6.10. The standard InChI is InChI=1S/C15H12N2O3/c16-8-11-3-1-10(2-4-11)7-12-5-6-17-14(15(19)20)13(12)9-18/h1-4,6,9,12H,5,7H2,(H,19,20). The highest BCUT2D eigenvalue weighted by atomic mass is 16.4. The van der Waals surface area contributed by atoms with Gasteiger partial charge in [-0.15, -0.1) is 0 Å². The van der Waals surface area contributed by atoms with Gasteiger partial charge in [0.05, 0.1) is 11.6 Å². The third-order valence-corrected chi connectivity index (χ3v) is 3.22. The SMILES string of the molecule is N#Cc1ccc(CC2CC=NC(C(=O)O)=C2C=O)cc1. The minimum atomic E-state index is -1.19. The summed E-state index contributed by atoms with van der Waals surface area (Å²) in [7, 11) is 0. The molecule has 0 radical (unpaired) electrons. The van der Waals surface area contributed by atoms with Crippen molar-refractivity contribution in [1.82, 2.24) is 0 Å². The van der Waals surface area contributed by atoms with Gasteiger partial charge < -0.3 is 5.11 Å². The largest absolute Gasteiger partial charge is 0.477 e. The van der Waals surface area contributed by atoms with Crippen molar-refractivity contribution in [3.63, 3.8) is 0 Å². The van der Waals surface area contributed by atoms with E-state index in [-0.39, 0.29) is 17.2 Å². The topological polar surface area (TPSA) is 90.5 Å².